The zero-order valence-electron chi connectivity index (χ0n) is 16.7. The number of halogens is 3. The number of nitrogens with zero attached hydrogens (tertiary/aromatic N) is 2. The number of alkyl halides is 3. The quantitative estimate of drug-likeness (QED) is 0.706. The molecule has 0 unspecified atom stereocenters. The Bertz CT molecular complexity index is 931. The fourth-order valence-corrected chi connectivity index (χ4v) is 4.14. The highest BCUT2D eigenvalue weighted by molar-refractivity contribution is 5.95. The third kappa shape index (κ3) is 5.01. The molecule has 7 nitrogen and oxygen atoms in total. The van der Waals surface area contributed by atoms with Gasteiger partial charge in [-0.1, -0.05) is 6.07 Å². The van der Waals surface area contributed by atoms with Crippen LogP contribution < -0.4 is 20.7 Å². The maximum absolute atomic E-state index is 12.7. The Morgan fingerprint density at radius 2 is 2.03 bits per heavy atom. The number of ether oxygens (including phenoxy) is 2. The molecule has 1 saturated carbocycles. The summed E-state index contributed by atoms with van der Waals surface area (Å²) in [6.07, 6.45) is -0.280. The van der Waals surface area contributed by atoms with Crippen LogP contribution in [0.2, 0.25) is 0 Å². The average molecular weight is 436 g/mol. The SMILES string of the molecule is Nc1cc(OC(F)(F)F)ccc1NC(=O)C1CCC2(CC1)CN(c1ccccn1)CO2. The molecule has 2 aliphatic rings. The lowest BCUT2D eigenvalue weighted by atomic mass is 9.78. The second kappa shape index (κ2) is 8.26. The number of hydrogen-bond acceptors (Lipinski definition) is 6. The topological polar surface area (TPSA) is 89.7 Å². The molecule has 1 aliphatic heterocycles. The Hall–Kier alpha value is -3.01. The first-order chi connectivity index (χ1) is 14.7. The summed E-state index contributed by atoms with van der Waals surface area (Å²) in [7, 11) is 0. The van der Waals surface area contributed by atoms with E-state index in [4.69, 9.17) is 10.5 Å². The van der Waals surface area contributed by atoms with Crippen LogP contribution in [-0.2, 0) is 9.53 Å². The van der Waals surface area contributed by atoms with Crippen molar-refractivity contribution in [1.29, 1.82) is 0 Å². The van der Waals surface area contributed by atoms with Crippen molar-refractivity contribution in [2.24, 2.45) is 5.92 Å². The number of carbonyl (C=O) groups is 1. The Labute approximate surface area is 177 Å². The number of amides is 1. The molecule has 1 spiro atoms. The van der Waals surface area contributed by atoms with Gasteiger partial charge in [-0.15, -0.1) is 13.2 Å². The van der Waals surface area contributed by atoms with E-state index < -0.39 is 12.1 Å². The molecule has 1 saturated heterocycles. The van der Waals surface area contributed by atoms with Gasteiger partial charge in [-0.2, -0.15) is 0 Å². The number of carbonyl (C=O) groups excluding carboxylic acids is 1. The number of aromatic nitrogens is 1. The molecule has 1 aromatic heterocycles. The molecular formula is C21H23F3N4O3. The second-order valence-corrected chi connectivity index (χ2v) is 7.90. The van der Waals surface area contributed by atoms with E-state index in [9.17, 15) is 18.0 Å². The normalized spacial score (nSPS) is 23.7. The highest BCUT2D eigenvalue weighted by Gasteiger charge is 2.44. The minimum atomic E-state index is -4.80. The minimum absolute atomic E-state index is 0.00695. The molecule has 1 aliphatic carbocycles. The number of hydrogen-bond donors (Lipinski definition) is 2. The largest absolute Gasteiger partial charge is 0.573 e. The van der Waals surface area contributed by atoms with Gasteiger partial charge in [0, 0.05) is 18.2 Å². The number of benzene rings is 1. The Morgan fingerprint density at radius 1 is 1.26 bits per heavy atom. The molecule has 10 heteroatoms. The summed E-state index contributed by atoms with van der Waals surface area (Å²) >= 11 is 0. The van der Waals surface area contributed by atoms with E-state index >= 15 is 0 Å². The summed E-state index contributed by atoms with van der Waals surface area (Å²) in [4.78, 5) is 19.1. The van der Waals surface area contributed by atoms with Crippen LogP contribution in [0.5, 0.6) is 5.75 Å². The maximum Gasteiger partial charge on any atom is 0.573 e. The van der Waals surface area contributed by atoms with Crippen molar-refractivity contribution in [2.45, 2.75) is 37.6 Å². The molecule has 0 bridgehead atoms. The van der Waals surface area contributed by atoms with E-state index in [-0.39, 0.29) is 28.8 Å². The van der Waals surface area contributed by atoms with Crippen molar-refractivity contribution in [3.05, 3.63) is 42.6 Å². The standard InChI is InChI=1S/C21H23F3N4O3/c22-21(23,24)31-15-4-5-17(16(25)11-15)27-19(29)14-6-8-20(9-7-14)12-28(13-30-20)18-3-1-2-10-26-18/h1-5,10-11,14H,6-9,12-13,25H2,(H,27,29). The Morgan fingerprint density at radius 3 is 2.68 bits per heavy atom. The van der Waals surface area contributed by atoms with Crippen LogP contribution in [0.15, 0.2) is 42.6 Å². The predicted octanol–water partition coefficient (Wildman–Crippen LogP) is 3.92. The molecule has 4 rings (SSSR count). The molecule has 1 amide bonds. The van der Waals surface area contributed by atoms with E-state index in [0.717, 1.165) is 37.3 Å². The molecular weight excluding hydrogens is 413 g/mol. The fourth-order valence-electron chi connectivity index (χ4n) is 4.14. The zero-order valence-corrected chi connectivity index (χ0v) is 16.7. The first-order valence-corrected chi connectivity index (χ1v) is 9.99. The lowest BCUT2D eigenvalue weighted by Gasteiger charge is -2.35. The van der Waals surface area contributed by atoms with E-state index in [2.05, 4.69) is 19.9 Å². The molecule has 3 N–H and O–H groups in total. The van der Waals surface area contributed by atoms with Crippen molar-refractivity contribution in [1.82, 2.24) is 4.98 Å². The first kappa shape index (κ1) is 21.2. The predicted molar refractivity (Wildman–Crippen MR) is 108 cm³/mol. The van der Waals surface area contributed by atoms with Gasteiger partial charge in [-0.3, -0.25) is 4.79 Å². The van der Waals surface area contributed by atoms with E-state index in [0.29, 0.717) is 19.6 Å². The van der Waals surface area contributed by atoms with Gasteiger partial charge in [0.1, 0.15) is 18.3 Å². The van der Waals surface area contributed by atoms with Gasteiger partial charge in [-0.05, 0) is 49.9 Å². The van der Waals surface area contributed by atoms with Crippen molar-refractivity contribution in [3.63, 3.8) is 0 Å². The smallest absolute Gasteiger partial charge is 0.406 e. The van der Waals surface area contributed by atoms with Gasteiger partial charge >= 0.3 is 6.36 Å². The van der Waals surface area contributed by atoms with E-state index in [1.807, 2.05) is 18.2 Å². The lowest BCUT2D eigenvalue weighted by Crippen LogP contribution is -2.41. The fraction of sp³-hybridized carbons (Fsp3) is 0.429. The van der Waals surface area contributed by atoms with Crippen LogP contribution in [0.3, 0.4) is 0 Å². The van der Waals surface area contributed by atoms with Gasteiger partial charge in [0.05, 0.1) is 23.5 Å². The molecule has 31 heavy (non-hydrogen) atoms. The minimum Gasteiger partial charge on any atom is -0.406 e. The maximum atomic E-state index is 12.7. The summed E-state index contributed by atoms with van der Waals surface area (Å²) < 4.78 is 46.9. The van der Waals surface area contributed by atoms with E-state index in [1.54, 1.807) is 6.20 Å². The van der Waals surface area contributed by atoms with E-state index in [1.165, 1.54) is 6.07 Å². The van der Waals surface area contributed by atoms with Crippen molar-refractivity contribution < 1.29 is 27.4 Å². The average Bonchev–Trinajstić information content (AvgIpc) is 3.13. The second-order valence-electron chi connectivity index (χ2n) is 7.90. The van der Waals surface area contributed by atoms with Crippen molar-refractivity contribution in [2.75, 3.05) is 29.2 Å². The molecule has 2 aromatic rings. The molecule has 1 aromatic carbocycles. The van der Waals surface area contributed by atoms with Gasteiger partial charge < -0.3 is 25.4 Å². The van der Waals surface area contributed by atoms with Crippen LogP contribution in [0.1, 0.15) is 25.7 Å². The van der Waals surface area contributed by atoms with Crippen LogP contribution in [0.4, 0.5) is 30.4 Å². The number of anilines is 3. The van der Waals surface area contributed by atoms with Gasteiger partial charge in [0.25, 0.3) is 0 Å². The Kier molecular flexibility index (Phi) is 5.65. The molecule has 166 valence electrons. The zero-order chi connectivity index (χ0) is 22.1. The first-order valence-electron chi connectivity index (χ1n) is 9.99. The number of nitrogens with one attached hydrogen (secondary N) is 1. The number of nitrogens with two attached hydrogens (primary N) is 1. The summed E-state index contributed by atoms with van der Waals surface area (Å²) in [5.74, 6) is 0.0142. The highest BCUT2D eigenvalue weighted by atomic mass is 19.4. The Balaban J connectivity index is 1.32. The highest BCUT2D eigenvalue weighted by Crippen LogP contribution is 2.40. The third-order valence-electron chi connectivity index (χ3n) is 5.76. The van der Waals surface area contributed by atoms with Crippen molar-refractivity contribution in [3.8, 4) is 5.75 Å². The van der Waals surface area contributed by atoms with Crippen LogP contribution in [-0.4, -0.2) is 36.1 Å². The molecule has 2 fully saturated rings. The summed E-state index contributed by atoms with van der Waals surface area (Å²) in [5, 5.41) is 2.72. The monoisotopic (exact) mass is 436 g/mol. The summed E-state index contributed by atoms with van der Waals surface area (Å²) in [6, 6.07) is 9.21. The van der Waals surface area contributed by atoms with Gasteiger partial charge in [-0.25, -0.2) is 4.98 Å². The molecule has 0 atom stereocenters. The molecule has 2 heterocycles. The number of nitrogen functional groups attached to an aromatic ring is 1. The van der Waals surface area contributed by atoms with Crippen molar-refractivity contribution >= 4 is 23.1 Å². The lowest BCUT2D eigenvalue weighted by molar-refractivity contribution is -0.274. The van der Waals surface area contributed by atoms with Crippen LogP contribution in [0.25, 0.3) is 0 Å². The van der Waals surface area contributed by atoms with Crippen LogP contribution in [0, 0.1) is 5.92 Å². The third-order valence-corrected chi connectivity index (χ3v) is 5.76. The van der Waals surface area contributed by atoms with Gasteiger partial charge in [0.2, 0.25) is 5.91 Å². The number of rotatable bonds is 4. The summed E-state index contributed by atoms with van der Waals surface area (Å²) in [5.41, 5.74) is 5.77. The van der Waals surface area contributed by atoms with Crippen LogP contribution >= 0.6 is 0 Å². The molecule has 0 radical (unpaired) electrons. The van der Waals surface area contributed by atoms with Gasteiger partial charge in [0.15, 0.2) is 0 Å². The summed E-state index contributed by atoms with van der Waals surface area (Å²) in [6.45, 7) is 1.20. The number of pyridine rings is 1.